The van der Waals surface area contributed by atoms with Crippen molar-refractivity contribution in [2.24, 2.45) is 5.14 Å². The zero-order valence-electron chi connectivity index (χ0n) is 16.1. The van der Waals surface area contributed by atoms with Gasteiger partial charge in [-0.05, 0) is 79.1 Å². The molecular weight excluding hydrogens is 392 g/mol. The predicted octanol–water partition coefficient (Wildman–Crippen LogP) is 3.13. The maximum atomic E-state index is 11.7. The minimum atomic E-state index is -3.81. The summed E-state index contributed by atoms with van der Waals surface area (Å²) >= 11 is 0. The van der Waals surface area contributed by atoms with Crippen LogP contribution in [-0.4, -0.2) is 31.2 Å². The van der Waals surface area contributed by atoms with Gasteiger partial charge in [-0.25, -0.2) is 13.6 Å². The Morgan fingerprint density at radius 1 is 1.10 bits per heavy atom. The van der Waals surface area contributed by atoms with Gasteiger partial charge in [0.1, 0.15) is 5.75 Å². The molecule has 1 heterocycles. The summed E-state index contributed by atoms with van der Waals surface area (Å²) in [7, 11) is -2.22. The molecule has 0 aliphatic heterocycles. The van der Waals surface area contributed by atoms with Crippen LogP contribution in [0.2, 0.25) is 0 Å². The Balaban J connectivity index is 2.16. The first kappa shape index (κ1) is 20.6. The molecule has 0 radical (unpaired) electrons. The van der Waals surface area contributed by atoms with Crippen molar-refractivity contribution >= 4 is 16.0 Å². The van der Waals surface area contributed by atoms with E-state index in [1.807, 2.05) is 41.0 Å². The molecule has 8 heteroatoms. The van der Waals surface area contributed by atoms with E-state index in [9.17, 15) is 13.2 Å². The Labute approximate surface area is 169 Å². The van der Waals surface area contributed by atoms with Crippen molar-refractivity contribution in [3.8, 4) is 22.7 Å². The summed E-state index contributed by atoms with van der Waals surface area (Å²) in [4.78, 5) is 11.1. The van der Waals surface area contributed by atoms with Crippen molar-refractivity contribution in [2.75, 3.05) is 7.11 Å². The number of aliphatic carboxylic acids is 1. The summed E-state index contributed by atoms with van der Waals surface area (Å²) in [6.45, 7) is 1.79. The molecule has 152 valence electrons. The van der Waals surface area contributed by atoms with Crippen LogP contribution >= 0.6 is 0 Å². The summed E-state index contributed by atoms with van der Waals surface area (Å²) in [5.41, 5.74) is 4.05. The van der Waals surface area contributed by atoms with Crippen LogP contribution in [0.3, 0.4) is 0 Å². The summed E-state index contributed by atoms with van der Waals surface area (Å²) in [5, 5.41) is 14.3. The molecule has 0 unspecified atom stereocenters. The second-order valence-electron chi connectivity index (χ2n) is 6.66. The van der Waals surface area contributed by atoms with Gasteiger partial charge in [0.25, 0.3) is 0 Å². The first-order chi connectivity index (χ1) is 13.7. The standard InChI is InChI=1S/C21H22N2O5S/c1-14-13-18(29(22,26)27)9-11-19(14)23-16(6-12-21(24)25)5-10-20(23)15-3-7-17(28-2)8-4-15/h3-5,7-11,13H,6,12H2,1-2H3,(H,24,25)(H2,22,26,27). The lowest BCUT2D eigenvalue weighted by atomic mass is 10.1. The minimum absolute atomic E-state index is 0.0135. The Kier molecular flexibility index (Phi) is 5.76. The van der Waals surface area contributed by atoms with Crippen LogP contribution in [0, 0.1) is 6.92 Å². The van der Waals surface area contributed by atoms with E-state index in [0.29, 0.717) is 12.0 Å². The molecule has 0 aliphatic rings. The molecule has 7 nitrogen and oxygen atoms in total. The monoisotopic (exact) mass is 414 g/mol. The Morgan fingerprint density at radius 3 is 2.34 bits per heavy atom. The molecule has 0 saturated carbocycles. The Hall–Kier alpha value is -3.10. The van der Waals surface area contributed by atoms with Gasteiger partial charge < -0.3 is 14.4 Å². The van der Waals surface area contributed by atoms with Gasteiger partial charge in [0, 0.05) is 11.4 Å². The third-order valence-electron chi connectivity index (χ3n) is 4.68. The Bertz CT molecular complexity index is 1150. The summed E-state index contributed by atoms with van der Waals surface area (Å²) in [5.74, 6) is -0.156. The van der Waals surface area contributed by atoms with Gasteiger partial charge in [-0.15, -0.1) is 0 Å². The molecule has 3 rings (SSSR count). The number of primary sulfonamides is 1. The Morgan fingerprint density at radius 2 is 1.79 bits per heavy atom. The van der Waals surface area contributed by atoms with E-state index in [4.69, 9.17) is 15.0 Å². The lowest BCUT2D eigenvalue weighted by Crippen LogP contribution is -2.13. The number of ether oxygens (including phenoxy) is 1. The molecular formula is C21H22N2O5S. The fourth-order valence-corrected chi connectivity index (χ4v) is 3.84. The number of carboxylic acids is 1. The van der Waals surface area contributed by atoms with Crippen LogP contribution in [0.15, 0.2) is 59.5 Å². The van der Waals surface area contributed by atoms with Crippen molar-refractivity contribution in [2.45, 2.75) is 24.7 Å². The molecule has 3 aromatic rings. The van der Waals surface area contributed by atoms with Gasteiger partial charge in [0.15, 0.2) is 0 Å². The van der Waals surface area contributed by atoms with Crippen molar-refractivity contribution in [1.82, 2.24) is 4.57 Å². The van der Waals surface area contributed by atoms with Crippen molar-refractivity contribution < 1.29 is 23.1 Å². The summed E-state index contributed by atoms with van der Waals surface area (Å²) in [6, 6.07) is 16.0. The van der Waals surface area contributed by atoms with Crippen LogP contribution in [-0.2, 0) is 21.2 Å². The number of aromatic nitrogens is 1. The van der Waals surface area contributed by atoms with Crippen LogP contribution in [0.4, 0.5) is 0 Å². The highest BCUT2D eigenvalue weighted by Crippen LogP contribution is 2.31. The van der Waals surface area contributed by atoms with Crippen molar-refractivity contribution in [1.29, 1.82) is 0 Å². The number of benzene rings is 2. The molecule has 0 saturated heterocycles. The van der Waals surface area contributed by atoms with Crippen molar-refractivity contribution in [3.05, 3.63) is 65.9 Å². The fraction of sp³-hybridized carbons (Fsp3) is 0.190. The quantitative estimate of drug-likeness (QED) is 0.617. The molecule has 0 spiro atoms. The van der Waals surface area contributed by atoms with E-state index in [0.717, 1.165) is 28.4 Å². The van der Waals surface area contributed by atoms with Gasteiger partial charge in [-0.2, -0.15) is 0 Å². The molecule has 0 fully saturated rings. The number of hydrogen-bond acceptors (Lipinski definition) is 4. The highest BCUT2D eigenvalue weighted by molar-refractivity contribution is 7.89. The first-order valence-corrected chi connectivity index (χ1v) is 10.5. The van der Waals surface area contributed by atoms with E-state index in [2.05, 4.69) is 0 Å². The molecule has 0 bridgehead atoms. The number of hydrogen-bond donors (Lipinski definition) is 2. The second kappa shape index (κ2) is 8.10. The zero-order valence-corrected chi connectivity index (χ0v) is 16.9. The average Bonchev–Trinajstić information content (AvgIpc) is 3.09. The number of carbonyl (C=O) groups is 1. The molecule has 0 amide bonds. The van der Waals surface area contributed by atoms with E-state index >= 15 is 0 Å². The van der Waals surface area contributed by atoms with E-state index in [1.165, 1.54) is 12.1 Å². The third-order valence-corrected chi connectivity index (χ3v) is 5.59. The van der Waals surface area contributed by atoms with E-state index < -0.39 is 16.0 Å². The normalized spacial score (nSPS) is 11.4. The fourth-order valence-electron chi connectivity index (χ4n) is 3.24. The highest BCUT2D eigenvalue weighted by atomic mass is 32.2. The number of sulfonamides is 1. The SMILES string of the molecule is COc1ccc(-c2ccc(CCC(=O)O)n2-c2ccc(S(N)(=O)=O)cc2C)cc1. The molecule has 0 aliphatic carbocycles. The van der Waals surface area contributed by atoms with Gasteiger partial charge >= 0.3 is 5.97 Å². The van der Waals surface area contributed by atoms with Gasteiger partial charge in [-0.3, -0.25) is 4.79 Å². The number of methoxy groups -OCH3 is 1. The van der Waals surface area contributed by atoms with Gasteiger partial charge in [-0.1, -0.05) is 0 Å². The predicted molar refractivity (Wildman–Crippen MR) is 110 cm³/mol. The van der Waals surface area contributed by atoms with E-state index in [1.54, 1.807) is 20.1 Å². The smallest absolute Gasteiger partial charge is 0.303 e. The van der Waals surface area contributed by atoms with Gasteiger partial charge in [0.05, 0.1) is 24.1 Å². The average molecular weight is 414 g/mol. The van der Waals surface area contributed by atoms with Gasteiger partial charge in [0.2, 0.25) is 10.0 Å². The maximum absolute atomic E-state index is 11.7. The molecule has 29 heavy (non-hydrogen) atoms. The largest absolute Gasteiger partial charge is 0.497 e. The van der Waals surface area contributed by atoms with Crippen molar-refractivity contribution in [3.63, 3.8) is 0 Å². The third kappa shape index (κ3) is 4.49. The number of aryl methyl sites for hydroxylation is 2. The maximum Gasteiger partial charge on any atom is 0.303 e. The zero-order chi connectivity index (χ0) is 21.2. The number of carboxylic acid groups (broad SMARTS) is 1. The lowest BCUT2D eigenvalue weighted by molar-refractivity contribution is -0.136. The van der Waals surface area contributed by atoms with Crippen LogP contribution in [0.25, 0.3) is 16.9 Å². The molecule has 3 N–H and O–H groups in total. The summed E-state index contributed by atoms with van der Waals surface area (Å²) in [6.07, 6.45) is 0.322. The second-order valence-corrected chi connectivity index (χ2v) is 8.22. The van der Waals surface area contributed by atoms with E-state index in [-0.39, 0.29) is 11.3 Å². The highest BCUT2D eigenvalue weighted by Gasteiger charge is 2.17. The van der Waals surface area contributed by atoms with Crippen LogP contribution in [0.1, 0.15) is 17.7 Å². The topological polar surface area (TPSA) is 112 Å². The number of nitrogens with zero attached hydrogens (tertiary/aromatic N) is 1. The summed E-state index contributed by atoms with van der Waals surface area (Å²) < 4.78 is 30.5. The molecule has 0 atom stereocenters. The minimum Gasteiger partial charge on any atom is -0.497 e. The first-order valence-electron chi connectivity index (χ1n) is 8.91. The number of nitrogens with two attached hydrogens (primary N) is 1. The molecule has 1 aromatic heterocycles. The van der Waals surface area contributed by atoms with Crippen LogP contribution < -0.4 is 9.88 Å². The number of rotatable bonds is 7. The molecule has 2 aromatic carbocycles. The van der Waals surface area contributed by atoms with Crippen LogP contribution in [0.5, 0.6) is 5.75 Å². The lowest BCUT2D eigenvalue weighted by Gasteiger charge is -2.17.